The minimum atomic E-state index is -0.123. The topological polar surface area (TPSA) is 67.4 Å². The molecular weight excluding hydrogens is 208 g/mol. The highest BCUT2D eigenvalue weighted by Crippen LogP contribution is 2.37. The van der Waals surface area contributed by atoms with Crippen LogP contribution in [0.4, 0.5) is 0 Å². The van der Waals surface area contributed by atoms with Crippen molar-refractivity contribution >= 4 is 11.8 Å². The number of carbonyl (C=O) groups excluding carboxylic acids is 2. The summed E-state index contributed by atoms with van der Waals surface area (Å²) in [6, 6.07) is 0. The molecule has 0 aliphatic heterocycles. The quantitative estimate of drug-likeness (QED) is 0.640. The molecule has 0 aromatic rings. The summed E-state index contributed by atoms with van der Waals surface area (Å²) in [5.41, 5.74) is 0. The number of rotatable bonds is 7. The van der Waals surface area contributed by atoms with Crippen LogP contribution in [0.5, 0.6) is 0 Å². The van der Waals surface area contributed by atoms with Crippen LogP contribution in [0.25, 0.3) is 0 Å². The van der Waals surface area contributed by atoms with Gasteiger partial charge >= 0.3 is 0 Å². The number of amides is 2. The number of nitrogens with one attached hydrogen (secondary N) is 2. The lowest BCUT2D eigenvalue weighted by Gasteiger charge is -2.04. The maximum atomic E-state index is 11.5. The molecule has 16 heavy (non-hydrogen) atoms. The third kappa shape index (κ3) is 4.18. The summed E-state index contributed by atoms with van der Waals surface area (Å²) in [7, 11) is 1.48. The molecule has 0 heterocycles. The molecule has 1 saturated carbocycles. The third-order valence-corrected chi connectivity index (χ3v) is 2.65. The Hall–Kier alpha value is -1.10. The highest BCUT2D eigenvalue weighted by atomic mass is 16.5. The Morgan fingerprint density at radius 2 is 2.12 bits per heavy atom. The van der Waals surface area contributed by atoms with E-state index in [0.29, 0.717) is 12.5 Å². The summed E-state index contributed by atoms with van der Waals surface area (Å²) in [4.78, 5) is 22.6. The second kappa shape index (κ2) is 6.48. The van der Waals surface area contributed by atoms with Crippen molar-refractivity contribution in [1.82, 2.24) is 10.6 Å². The Balaban J connectivity index is 2.10. The summed E-state index contributed by atoms with van der Waals surface area (Å²) in [5, 5.41) is 5.60. The summed E-state index contributed by atoms with van der Waals surface area (Å²) in [6.07, 6.45) is 1.83. The molecular formula is C11H20N2O3. The lowest BCUT2D eigenvalue weighted by molar-refractivity contribution is -0.125. The molecule has 1 aliphatic carbocycles. The predicted octanol–water partition coefficient (Wildman–Crippen LogP) is -0.0887. The van der Waals surface area contributed by atoms with Crippen LogP contribution in [-0.2, 0) is 14.3 Å². The number of carbonyl (C=O) groups is 2. The van der Waals surface area contributed by atoms with Gasteiger partial charge in [-0.2, -0.15) is 0 Å². The maximum absolute atomic E-state index is 11.5. The Morgan fingerprint density at radius 1 is 1.38 bits per heavy atom. The van der Waals surface area contributed by atoms with E-state index in [0.717, 1.165) is 19.4 Å². The van der Waals surface area contributed by atoms with Gasteiger partial charge in [0.25, 0.3) is 0 Å². The van der Waals surface area contributed by atoms with Crippen molar-refractivity contribution in [2.75, 3.05) is 26.8 Å². The molecule has 1 rings (SSSR count). The van der Waals surface area contributed by atoms with Gasteiger partial charge in [0.15, 0.2) is 0 Å². The largest absolute Gasteiger partial charge is 0.375 e. The lowest BCUT2D eigenvalue weighted by Crippen LogP contribution is -2.31. The number of ether oxygens (including phenoxy) is 1. The Bertz CT molecular complexity index is 256. The van der Waals surface area contributed by atoms with Gasteiger partial charge in [-0.1, -0.05) is 6.92 Å². The monoisotopic (exact) mass is 228 g/mol. The van der Waals surface area contributed by atoms with E-state index in [9.17, 15) is 9.59 Å². The third-order valence-electron chi connectivity index (χ3n) is 2.65. The average Bonchev–Trinajstić information content (AvgIpc) is 3.03. The molecule has 2 atom stereocenters. The van der Waals surface area contributed by atoms with Crippen molar-refractivity contribution in [3.8, 4) is 0 Å². The van der Waals surface area contributed by atoms with E-state index in [1.807, 2.05) is 6.92 Å². The normalized spacial score (nSPS) is 22.6. The molecule has 0 bridgehead atoms. The van der Waals surface area contributed by atoms with E-state index in [1.54, 1.807) is 0 Å². The van der Waals surface area contributed by atoms with Gasteiger partial charge in [-0.25, -0.2) is 0 Å². The second-order valence-corrected chi connectivity index (χ2v) is 4.13. The van der Waals surface area contributed by atoms with E-state index in [4.69, 9.17) is 4.74 Å². The fraction of sp³-hybridized carbons (Fsp3) is 0.818. The first kappa shape index (κ1) is 13.0. The molecule has 0 radical (unpaired) electrons. The van der Waals surface area contributed by atoms with Crippen molar-refractivity contribution in [1.29, 1.82) is 0 Å². The number of hydrogen-bond acceptors (Lipinski definition) is 3. The zero-order valence-electron chi connectivity index (χ0n) is 9.91. The van der Waals surface area contributed by atoms with Crippen molar-refractivity contribution in [2.24, 2.45) is 11.8 Å². The van der Waals surface area contributed by atoms with Crippen molar-refractivity contribution < 1.29 is 14.3 Å². The highest BCUT2D eigenvalue weighted by Gasteiger charge is 2.42. The van der Waals surface area contributed by atoms with E-state index < -0.39 is 0 Å². The van der Waals surface area contributed by atoms with Gasteiger partial charge in [-0.05, 0) is 18.8 Å². The molecule has 2 amide bonds. The highest BCUT2D eigenvalue weighted by molar-refractivity contribution is 5.82. The fourth-order valence-corrected chi connectivity index (χ4v) is 1.60. The van der Waals surface area contributed by atoms with Crippen LogP contribution in [0, 0.1) is 11.8 Å². The number of hydrogen-bond donors (Lipinski definition) is 2. The van der Waals surface area contributed by atoms with Gasteiger partial charge < -0.3 is 15.4 Å². The maximum Gasteiger partial charge on any atom is 0.245 e. The Kier molecular flexibility index (Phi) is 5.25. The first-order chi connectivity index (χ1) is 7.69. The Labute approximate surface area is 95.9 Å². The molecule has 0 saturated heterocycles. The molecule has 0 aromatic carbocycles. The molecule has 5 heteroatoms. The smallest absolute Gasteiger partial charge is 0.245 e. The zero-order chi connectivity index (χ0) is 12.0. The molecule has 0 spiro atoms. The van der Waals surface area contributed by atoms with Gasteiger partial charge in [0.05, 0.1) is 0 Å². The van der Waals surface area contributed by atoms with Gasteiger partial charge in [-0.3, -0.25) is 9.59 Å². The Morgan fingerprint density at radius 3 is 2.75 bits per heavy atom. The van der Waals surface area contributed by atoms with Crippen LogP contribution >= 0.6 is 0 Å². The van der Waals surface area contributed by atoms with E-state index >= 15 is 0 Å². The molecule has 0 aromatic heterocycles. The van der Waals surface area contributed by atoms with Crippen LogP contribution in [-0.4, -0.2) is 38.6 Å². The minimum Gasteiger partial charge on any atom is -0.375 e. The second-order valence-electron chi connectivity index (χ2n) is 4.13. The zero-order valence-corrected chi connectivity index (χ0v) is 9.91. The van der Waals surface area contributed by atoms with Gasteiger partial charge in [0.1, 0.15) is 6.61 Å². The molecule has 2 N–H and O–H groups in total. The molecule has 5 nitrogen and oxygen atoms in total. The van der Waals surface area contributed by atoms with Crippen LogP contribution < -0.4 is 10.6 Å². The lowest BCUT2D eigenvalue weighted by atomic mass is 10.3. The predicted molar refractivity (Wildman–Crippen MR) is 59.8 cm³/mol. The minimum absolute atomic E-state index is 0.0828. The summed E-state index contributed by atoms with van der Waals surface area (Å²) in [5.74, 6) is 0.391. The molecule has 1 fully saturated rings. The summed E-state index contributed by atoms with van der Waals surface area (Å²) < 4.78 is 4.69. The SMILES string of the molecule is CCCNC(=O)C1CC1CNC(=O)COC. The van der Waals surface area contributed by atoms with Crippen LogP contribution in [0.3, 0.4) is 0 Å². The number of methoxy groups -OCH3 is 1. The van der Waals surface area contributed by atoms with Crippen LogP contribution in [0.2, 0.25) is 0 Å². The van der Waals surface area contributed by atoms with Gasteiger partial charge in [0, 0.05) is 26.1 Å². The van der Waals surface area contributed by atoms with Crippen LogP contribution in [0.15, 0.2) is 0 Å². The van der Waals surface area contributed by atoms with Crippen molar-refractivity contribution in [3.63, 3.8) is 0 Å². The van der Waals surface area contributed by atoms with Gasteiger partial charge in [0.2, 0.25) is 11.8 Å². The molecule has 2 unspecified atom stereocenters. The summed E-state index contributed by atoms with van der Waals surface area (Å²) in [6.45, 7) is 3.42. The van der Waals surface area contributed by atoms with Crippen LogP contribution in [0.1, 0.15) is 19.8 Å². The molecule has 1 aliphatic rings. The first-order valence-corrected chi connectivity index (χ1v) is 5.72. The van der Waals surface area contributed by atoms with Crippen molar-refractivity contribution in [3.05, 3.63) is 0 Å². The standard InChI is InChI=1S/C11H20N2O3/c1-3-4-12-11(15)9-5-8(9)6-13-10(14)7-16-2/h8-9H,3-7H2,1-2H3,(H,12,15)(H,13,14). The van der Waals surface area contributed by atoms with E-state index in [-0.39, 0.29) is 24.3 Å². The fourth-order valence-electron chi connectivity index (χ4n) is 1.60. The van der Waals surface area contributed by atoms with Crippen molar-refractivity contribution in [2.45, 2.75) is 19.8 Å². The molecule has 92 valence electrons. The average molecular weight is 228 g/mol. The summed E-state index contributed by atoms with van der Waals surface area (Å²) >= 11 is 0. The van der Waals surface area contributed by atoms with Gasteiger partial charge in [-0.15, -0.1) is 0 Å². The van der Waals surface area contributed by atoms with E-state index in [2.05, 4.69) is 10.6 Å². The van der Waals surface area contributed by atoms with E-state index in [1.165, 1.54) is 7.11 Å². The first-order valence-electron chi connectivity index (χ1n) is 5.72.